The van der Waals surface area contributed by atoms with E-state index in [4.69, 9.17) is 0 Å². The molecule has 0 aromatic heterocycles. The molecule has 0 bridgehead atoms. The van der Waals surface area contributed by atoms with Gasteiger partial charge in [0, 0.05) is 0 Å². The molecule has 0 saturated heterocycles. The van der Waals surface area contributed by atoms with Crippen LogP contribution in [0.5, 0.6) is 0 Å². The predicted octanol–water partition coefficient (Wildman–Crippen LogP) is 6.16. The average Bonchev–Trinajstić information content (AvgIpc) is 2.93. The van der Waals surface area contributed by atoms with E-state index in [1.807, 2.05) is 0 Å². The summed E-state index contributed by atoms with van der Waals surface area (Å²) in [5, 5.41) is 0. The van der Waals surface area contributed by atoms with Crippen molar-refractivity contribution in [3.05, 3.63) is 0 Å². The minimum atomic E-state index is 0.911. The highest BCUT2D eigenvalue weighted by atomic mass is 14.6. The minimum Gasteiger partial charge on any atom is -0.0651 e. The van der Waals surface area contributed by atoms with E-state index in [9.17, 15) is 0 Å². The van der Waals surface area contributed by atoms with Crippen molar-refractivity contribution >= 4 is 0 Å². The molecule has 0 spiro atoms. The van der Waals surface area contributed by atoms with E-state index in [-0.39, 0.29) is 0 Å². The smallest absolute Gasteiger partial charge is 0.0321 e. The van der Waals surface area contributed by atoms with Crippen LogP contribution in [0.1, 0.15) is 79.1 Å². The van der Waals surface area contributed by atoms with Crippen molar-refractivity contribution in [3.63, 3.8) is 0 Å². The molecule has 20 heavy (non-hydrogen) atoms. The molecule has 3 aliphatic carbocycles. The van der Waals surface area contributed by atoms with Crippen LogP contribution in [0.25, 0.3) is 0 Å². The maximum atomic E-state index is 2.51. The lowest BCUT2D eigenvalue weighted by Crippen LogP contribution is -2.48. The molecule has 0 heterocycles. The van der Waals surface area contributed by atoms with Gasteiger partial charge in [-0.25, -0.2) is 0 Å². The molecule has 0 N–H and O–H groups in total. The van der Waals surface area contributed by atoms with Crippen molar-refractivity contribution in [1.29, 1.82) is 0 Å². The highest BCUT2D eigenvalue weighted by Crippen LogP contribution is 2.59. The first-order chi connectivity index (χ1) is 9.67. The first kappa shape index (κ1) is 14.9. The van der Waals surface area contributed by atoms with Gasteiger partial charge in [0.15, 0.2) is 0 Å². The van der Waals surface area contributed by atoms with E-state index in [0.29, 0.717) is 0 Å². The third-order valence-electron chi connectivity index (χ3n) is 7.65. The van der Waals surface area contributed by atoms with Crippen LogP contribution < -0.4 is 0 Å². The van der Waals surface area contributed by atoms with Gasteiger partial charge in [-0.15, -0.1) is 0 Å². The first-order valence-electron chi connectivity index (χ1n) is 9.67. The lowest BCUT2D eigenvalue weighted by atomic mass is 9.50. The fourth-order valence-electron chi connectivity index (χ4n) is 6.83. The molecule has 0 aromatic rings. The molecule has 3 saturated carbocycles. The van der Waals surface area contributed by atoms with Crippen LogP contribution in [0.15, 0.2) is 0 Å². The quantitative estimate of drug-likeness (QED) is 0.579. The van der Waals surface area contributed by atoms with Crippen molar-refractivity contribution in [2.45, 2.75) is 79.1 Å². The molecule has 3 rings (SSSR count). The number of rotatable bonds is 3. The lowest BCUT2D eigenvalue weighted by Gasteiger charge is -2.55. The van der Waals surface area contributed by atoms with Gasteiger partial charge < -0.3 is 0 Å². The number of hydrogen-bond acceptors (Lipinski definition) is 0. The van der Waals surface area contributed by atoms with Crippen molar-refractivity contribution in [2.75, 3.05) is 0 Å². The van der Waals surface area contributed by atoms with Gasteiger partial charge in [-0.2, -0.15) is 0 Å². The van der Waals surface area contributed by atoms with E-state index in [2.05, 4.69) is 27.7 Å². The Morgan fingerprint density at radius 1 is 0.900 bits per heavy atom. The summed E-state index contributed by atoms with van der Waals surface area (Å²) in [6, 6.07) is 0. The van der Waals surface area contributed by atoms with Crippen LogP contribution in [0.4, 0.5) is 0 Å². The Morgan fingerprint density at radius 3 is 2.35 bits per heavy atom. The zero-order chi connectivity index (χ0) is 14.3. The maximum absolute atomic E-state index is 2.51. The van der Waals surface area contributed by atoms with Crippen molar-refractivity contribution in [2.24, 2.45) is 47.3 Å². The molecule has 0 heteroatoms. The number of hydrogen-bond donors (Lipinski definition) is 0. The fourth-order valence-corrected chi connectivity index (χ4v) is 6.83. The van der Waals surface area contributed by atoms with Crippen LogP contribution in [0.2, 0.25) is 0 Å². The highest BCUT2D eigenvalue weighted by Gasteiger charge is 2.51. The topological polar surface area (TPSA) is 0 Å². The van der Waals surface area contributed by atoms with Gasteiger partial charge >= 0.3 is 0 Å². The summed E-state index contributed by atoms with van der Waals surface area (Å²) in [7, 11) is 0. The third-order valence-corrected chi connectivity index (χ3v) is 7.65. The van der Waals surface area contributed by atoms with E-state index < -0.39 is 0 Å². The average molecular weight is 277 g/mol. The minimum absolute atomic E-state index is 0.911. The van der Waals surface area contributed by atoms with Gasteiger partial charge in [0.25, 0.3) is 0 Å². The molecule has 3 fully saturated rings. The van der Waals surface area contributed by atoms with Crippen molar-refractivity contribution in [1.82, 2.24) is 0 Å². The van der Waals surface area contributed by atoms with Crippen LogP contribution in [0.3, 0.4) is 0 Å². The molecular formula is C20H36. The first-order valence-corrected chi connectivity index (χ1v) is 9.67. The summed E-state index contributed by atoms with van der Waals surface area (Å²) in [5.41, 5.74) is 0. The van der Waals surface area contributed by atoms with Crippen molar-refractivity contribution in [3.8, 4) is 0 Å². The highest BCUT2D eigenvalue weighted by molar-refractivity contribution is 5.00. The summed E-state index contributed by atoms with van der Waals surface area (Å²) in [6.07, 6.45) is 12.2. The normalized spacial score (nSPS) is 48.1. The largest absolute Gasteiger partial charge is 0.0651 e. The second kappa shape index (κ2) is 6.01. The Kier molecular flexibility index (Phi) is 4.48. The van der Waals surface area contributed by atoms with E-state index in [1.165, 1.54) is 19.3 Å². The van der Waals surface area contributed by atoms with E-state index in [0.717, 1.165) is 47.3 Å². The zero-order valence-electron chi connectivity index (χ0n) is 14.3. The zero-order valence-corrected chi connectivity index (χ0v) is 14.3. The molecular weight excluding hydrogens is 240 g/mol. The molecule has 0 nitrogen and oxygen atoms in total. The van der Waals surface area contributed by atoms with Crippen LogP contribution >= 0.6 is 0 Å². The van der Waals surface area contributed by atoms with Crippen molar-refractivity contribution < 1.29 is 0 Å². The van der Waals surface area contributed by atoms with Gasteiger partial charge in [0.2, 0.25) is 0 Å². The Morgan fingerprint density at radius 2 is 1.70 bits per heavy atom. The van der Waals surface area contributed by atoms with Crippen LogP contribution in [0, 0.1) is 47.3 Å². The molecule has 0 radical (unpaired) electrons. The molecule has 116 valence electrons. The maximum Gasteiger partial charge on any atom is -0.0321 e. The second-order valence-corrected chi connectivity index (χ2v) is 8.56. The summed E-state index contributed by atoms with van der Waals surface area (Å²) < 4.78 is 0. The van der Waals surface area contributed by atoms with E-state index >= 15 is 0 Å². The Bertz CT molecular complexity index is 318. The SMILES string of the molecule is CCC1CC(C(C)C)C2C3CCCC3CCC2C1CC. The molecule has 3 aliphatic rings. The summed E-state index contributed by atoms with van der Waals surface area (Å²) in [5.74, 6) is 8.47. The van der Waals surface area contributed by atoms with Gasteiger partial charge in [-0.1, -0.05) is 53.4 Å². The number of fused-ring (bicyclic) bond motifs is 3. The third kappa shape index (κ3) is 2.35. The summed E-state index contributed by atoms with van der Waals surface area (Å²) in [4.78, 5) is 0. The van der Waals surface area contributed by atoms with Gasteiger partial charge in [-0.05, 0) is 73.0 Å². The second-order valence-electron chi connectivity index (χ2n) is 8.56. The van der Waals surface area contributed by atoms with Gasteiger partial charge in [-0.3, -0.25) is 0 Å². The summed E-state index contributed by atoms with van der Waals surface area (Å²) >= 11 is 0. The fraction of sp³-hybridized carbons (Fsp3) is 1.00. The molecule has 0 aromatic carbocycles. The Hall–Kier alpha value is 0. The molecule has 7 atom stereocenters. The van der Waals surface area contributed by atoms with Crippen LogP contribution in [-0.4, -0.2) is 0 Å². The van der Waals surface area contributed by atoms with Crippen LogP contribution in [-0.2, 0) is 0 Å². The standard InChI is InChI=1S/C20H36/c1-5-14-12-19(13(3)4)20-17-9-7-8-15(17)10-11-18(20)16(14)6-2/h13-20H,5-12H2,1-4H3. The van der Waals surface area contributed by atoms with Gasteiger partial charge in [0.1, 0.15) is 0 Å². The predicted molar refractivity (Wildman–Crippen MR) is 87.6 cm³/mol. The molecule has 0 aliphatic heterocycles. The molecule has 0 amide bonds. The monoisotopic (exact) mass is 276 g/mol. The lowest BCUT2D eigenvalue weighted by molar-refractivity contribution is -0.0603. The Labute approximate surface area is 127 Å². The van der Waals surface area contributed by atoms with E-state index in [1.54, 1.807) is 32.1 Å². The van der Waals surface area contributed by atoms with Gasteiger partial charge in [0.05, 0.1) is 0 Å². The summed E-state index contributed by atoms with van der Waals surface area (Å²) in [6.45, 7) is 9.95. The Balaban J connectivity index is 1.89. The molecule has 7 unspecified atom stereocenters.